The molecule has 0 saturated carbocycles. The standard InChI is InChI=1S/C15H31NO2S/c1-5-8-13(16-10-6-2)14(7-3)19(17)15-9-11-18-12(15)4/h12-16H,5-11H2,1-4H3. The third-order valence-electron chi connectivity index (χ3n) is 4.01. The summed E-state index contributed by atoms with van der Waals surface area (Å²) in [5.74, 6) is 0. The minimum atomic E-state index is -0.786. The summed E-state index contributed by atoms with van der Waals surface area (Å²) >= 11 is 0. The van der Waals surface area contributed by atoms with Gasteiger partial charge in [-0.05, 0) is 39.2 Å². The van der Waals surface area contributed by atoms with Gasteiger partial charge in [-0.25, -0.2) is 0 Å². The maximum Gasteiger partial charge on any atom is 0.0691 e. The van der Waals surface area contributed by atoms with Crippen molar-refractivity contribution in [3.05, 3.63) is 0 Å². The Hall–Kier alpha value is 0.0700. The Kier molecular flexibility index (Phi) is 8.19. The van der Waals surface area contributed by atoms with E-state index in [4.69, 9.17) is 4.74 Å². The van der Waals surface area contributed by atoms with Gasteiger partial charge in [0.15, 0.2) is 0 Å². The van der Waals surface area contributed by atoms with E-state index in [-0.39, 0.29) is 16.6 Å². The average Bonchev–Trinajstić information content (AvgIpc) is 2.82. The van der Waals surface area contributed by atoms with Gasteiger partial charge in [0.05, 0.1) is 16.6 Å². The van der Waals surface area contributed by atoms with Gasteiger partial charge in [-0.3, -0.25) is 4.21 Å². The van der Waals surface area contributed by atoms with Gasteiger partial charge in [-0.1, -0.05) is 27.2 Å². The van der Waals surface area contributed by atoms with Crippen LogP contribution in [0.1, 0.15) is 59.8 Å². The van der Waals surface area contributed by atoms with Crippen LogP contribution in [0.4, 0.5) is 0 Å². The normalized spacial score (nSPS) is 28.2. The van der Waals surface area contributed by atoms with E-state index in [9.17, 15) is 4.21 Å². The molecule has 1 rings (SSSR count). The smallest absolute Gasteiger partial charge is 0.0691 e. The van der Waals surface area contributed by atoms with Crippen LogP contribution in [0.25, 0.3) is 0 Å². The summed E-state index contributed by atoms with van der Waals surface area (Å²) in [6.07, 6.45) is 5.49. The van der Waals surface area contributed by atoms with E-state index in [2.05, 4.69) is 33.0 Å². The van der Waals surface area contributed by atoms with Crippen molar-refractivity contribution in [3.8, 4) is 0 Å². The van der Waals surface area contributed by atoms with Crippen LogP contribution in [0, 0.1) is 0 Å². The van der Waals surface area contributed by atoms with Gasteiger partial charge in [0.25, 0.3) is 0 Å². The minimum absolute atomic E-state index is 0.156. The van der Waals surface area contributed by atoms with E-state index in [1.807, 2.05) is 0 Å². The maximum absolute atomic E-state index is 12.9. The molecule has 0 aromatic carbocycles. The highest BCUT2D eigenvalue weighted by Gasteiger charge is 2.36. The second-order valence-electron chi connectivity index (χ2n) is 5.53. The van der Waals surface area contributed by atoms with E-state index in [1.54, 1.807) is 0 Å². The predicted octanol–water partition coefficient (Wildman–Crippen LogP) is 2.86. The van der Waals surface area contributed by atoms with Crippen LogP contribution in [0.3, 0.4) is 0 Å². The van der Waals surface area contributed by atoms with Crippen molar-refractivity contribution in [1.82, 2.24) is 5.32 Å². The third kappa shape index (κ3) is 4.83. The molecule has 0 aliphatic carbocycles. The average molecular weight is 289 g/mol. The van der Waals surface area contributed by atoms with Gasteiger partial charge in [-0.2, -0.15) is 0 Å². The van der Waals surface area contributed by atoms with E-state index in [0.717, 1.165) is 45.3 Å². The SMILES string of the molecule is CCCNC(CCC)C(CC)S(=O)C1CCOC1C. The molecule has 0 amide bonds. The van der Waals surface area contributed by atoms with Crippen molar-refractivity contribution in [2.45, 2.75) is 82.4 Å². The van der Waals surface area contributed by atoms with E-state index in [0.29, 0.717) is 6.04 Å². The molecule has 19 heavy (non-hydrogen) atoms. The number of rotatable bonds is 9. The van der Waals surface area contributed by atoms with E-state index in [1.165, 1.54) is 0 Å². The summed E-state index contributed by atoms with van der Waals surface area (Å²) < 4.78 is 18.4. The molecule has 1 heterocycles. The van der Waals surface area contributed by atoms with Crippen molar-refractivity contribution in [2.75, 3.05) is 13.2 Å². The van der Waals surface area contributed by atoms with Crippen molar-refractivity contribution in [2.24, 2.45) is 0 Å². The van der Waals surface area contributed by atoms with Crippen LogP contribution < -0.4 is 5.32 Å². The Bertz CT molecular complexity index is 273. The number of ether oxygens (including phenoxy) is 1. The van der Waals surface area contributed by atoms with Gasteiger partial charge in [0.2, 0.25) is 0 Å². The fourth-order valence-electron chi connectivity index (χ4n) is 2.91. The zero-order valence-corrected chi connectivity index (χ0v) is 13.8. The molecule has 0 aromatic rings. The van der Waals surface area contributed by atoms with Crippen molar-refractivity contribution < 1.29 is 8.95 Å². The zero-order valence-electron chi connectivity index (χ0n) is 13.0. The Morgan fingerprint density at radius 1 is 1.32 bits per heavy atom. The first kappa shape index (κ1) is 17.1. The minimum Gasteiger partial charge on any atom is -0.377 e. The summed E-state index contributed by atoms with van der Waals surface area (Å²) in [5, 5.41) is 4.10. The molecular formula is C15H31NO2S. The molecule has 5 unspecified atom stereocenters. The second-order valence-corrected chi connectivity index (χ2v) is 7.40. The largest absolute Gasteiger partial charge is 0.377 e. The predicted molar refractivity (Wildman–Crippen MR) is 83.0 cm³/mol. The van der Waals surface area contributed by atoms with Crippen LogP contribution in [0.15, 0.2) is 0 Å². The Labute approximate surface area is 121 Å². The number of nitrogens with one attached hydrogen (secondary N) is 1. The lowest BCUT2D eigenvalue weighted by Crippen LogP contribution is -2.45. The molecule has 1 N–H and O–H groups in total. The Morgan fingerprint density at radius 2 is 2.05 bits per heavy atom. The maximum atomic E-state index is 12.9. The second kappa shape index (κ2) is 9.09. The van der Waals surface area contributed by atoms with Gasteiger partial charge < -0.3 is 10.1 Å². The van der Waals surface area contributed by atoms with Crippen LogP contribution in [0.2, 0.25) is 0 Å². The monoisotopic (exact) mass is 289 g/mol. The molecule has 0 aromatic heterocycles. The quantitative estimate of drug-likeness (QED) is 0.709. The van der Waals surface area contributed by atoms with Crippen LogP contribution in [-0.4, -0.2) is 40.0 Å². The van der Waals surface area contributed by atoms with Crippen LogP contribution in [0.5, 0.6) is 0 Å². The Balaban J connectivity index is 2.68. The van der Waals surface area contributed by atoms with E-state index < -0.39 is 10.8 Å². The summed E-state index contributed by atoms with van der Waals surface area (Å²) in [5.41, 5.74) is 0. The van der Waals surface area contributed by atoms with Crippen LogP contribution >= 0.6 is 0 Å². The highest BCUT2D eigenvalue weighted by atomic mass is 32.2. The lowest BCUT2D eigenvalue weighted by molar-refractivity contribution is 0.126. The van der Waals surface area contributed by atoms with Gasteiger partial charge in [0.1, 0.15) is 0 Å². The summed E-state index contributed by atoms with van der Waals surface area (Å²) in [4.78, 5) is 0. The summed E-state index contributed by atoms with van der Waals surface area (Å²) in [7, 11) is -0.786. The number of hydrogen-bond acceptors (Lipinski definition) is 3. The topological polar surface area (TPSA) is 38.3 Å². The molecule has 5 atom stereocenters. The molecule has 0 radical (unpaired) electrons. The lowest BCUT2D eigenvalue weighted by Gasteiger charge is -2.29. The first-order chi connectivity index (χ1) is 9.15. The molecule has 1 fully saturated rings. The first-order valence-electron chi connectivity index (χ1n) is 7.89. The van der Waals surface area contributed by atoms with Crippen LogP contribution in [-0.2, 0) is 15.5 Å². The zero-order chi connectivity index (χ0) is 14.3. The summed E-state index contributed by atoms with van der Waals surface area (Å²) in [6.45, 7) is 10.4. The highest BCUT2D eigenvalue weighted by molar-refractivity contribution is 7.86. The third-order valence-corrected chi connectivity index (χ3v) is 6.49. The molecule has 0 bridgehead atoms. The molecule has 114 valence electrons. The number of hydrogen-bond donors (Lipinski definition) is 1. The fourth-order valence-corrected chi connectivity index (χ4v) is 5.03. The van der Waals surface area contributed by atoms with Gasteiger partial charge >= 0.3 is 0 Å². The molecular weight excluding hydrogens is 258 g/mol. The molecule has 1 saturated heterocycles. The molecule has 4 heteroatoms. The fraction of sp³-hybridized carbons (Fsp3) is 1.00. The van der Waals surface area contributed by atoms with Gasteiger partial charge in [-0.15, -0.1) is 0 Å². The molecule has 1 aliphatic rings. The van der Waals surface area contributed by atoms with Gasteiger partial charge in [0, 0.05) is 23.4 Å². The summed E-state index contributed by atoms with van der Waals surface area (Å²) in [6, 6.07) is 0.392. The van der Waals surface area contributed by atoms with Crippen molar-refractivity contribution >= 4 is 10.8 Å². The van der Waals surface area contributed by atoms with Crippen molar-refractivity contribution in [3.63, 3.8) is 0 Å². The Morgan fingerprint density at radius 3 is 2.53 bits per heavy atom. The molecule has 0 spiro atoms. The molecule has 1 aliphatic heterocycles. The van der Waals surface area contributed by atoms with E-state index >= 15 is 0 Å². The lowest BCUT2D eigenvalue weighted by atomic mass is 10.1. The first-order valence-corrected chi connectivity index (χ1v) is 9.17. The highest BCUT2D eigenvalue weighted by Crippen LogP contribution is 2.25. The molecule has 3 nitrogen and oxygen atoms in total. The van der Waals surface area contributed by atoms with Crippen molar-refractivity contribution in [1.29, 1.82) is 0 Å².